The number of nitrogens with zero attached hydrogens (tertiary/aromatic N) is 1. The Morgan fingerprint density at radius 1 is 1.58 bits per heavy atom. The molecule has 1 aromatic rings. The number of carbonyl (C=O) groups is 1. The van der Waals surface area contributed by atoms with Crippen molar-refractivity contribution in [3.63, 3.8) is 0 Å². The molecular weight excluding hydrogens is 164 g/mol. The molecule has 12 heavy (non-hydrogen) atoms. The van der Waals surface area contributed by atoms with Crippen molar-refractivity contribution < 1.29 is 9.90 Å². The Morgan fingerprint density at radius 3 is 2.67 bits per heavy atom. The fourth-order valence-corrected chi connectivity index (χ4v) is 0.761. The van der Waals surface area contributed by atoms with E-state index < -0.39 is 17.2 Å². The molecule has 1 heterocycles. The number of H-pyrrole nitrogens is 1. The molecule has 6 heteroatoms. The maximum absolute atomic E-state index is 10.8. The summed E-state index contributed by atoms with van der Waals surface area (Å²) in [5, 5.41) is 8.50. The van der Waals surface area contributed by atoms with E-state index in [-0.39, 0.29) is 5.69 Å². The van der Waals surface area contributed by atoms with E-state index in [1.807, 2.05) is 4.98 Å². The van der Waals surface area contributed by atoms with Crippen molar-refractivity contribution in [2.45, 2.75) is 0 Å². The van der Waals surface area contributed by atoms with E-state index in [0.29, 0.717) is 0 Å². The van der Waals surface area contributed by atoms with Crippen molar-refractivity contribution in [1.82, 2.24) is 9.55 Å². The van der Waals surface area contributed by atoms with Crippen LogP contribution in [-0.4, -0.2) is 20.6 Å². The van der Waals surface area contributed by atoms with Gasteiger partial charge in [-0.1, -0.05) is 0 Å². The lowest BCUT2D eigenvalue weighted by Crippen LogP contribution is -2.31. The minimum absolute atomic E-state index is 0.330. The highest BCUT2D eigenvalue weighted by Crippen LogP contribution is 1.87. The highest BCUT2D eigenvalue weighted by molar-refractivity contribution is 5.85. The van der Waals surface area contributed by atoms with Crippen molar-refractivity contribution in [1.29, 1.82) is 0 Å². The minimum Gasteiger partial charge on any atom is -0.477 e. The van der Waals surface area contributed by atoms with Crippen LogP contribution in [0.5, 0.6) is 0 Å². The van der Waals surface area contributed by atoms with Gasteiger partial charge in [0.1, 0.15) is 5.69 Å². The Labute approximate surface area is 66.1 Å². The molecule has 64 valence electrons. The zero-order valence-electron chi connectivity index (χ0n) is 6.20. The Hall–Kier alpha value is -1.85. The number of nitrogens with one attached hydrogen (secondary N) is 1. The quantitative estimate of drug-likeness (QED) is 0.552. The highest BCUT2D eigenvalue weighted by Gasteiger charge is 2.08. The van der Waals surface area contributed by atoms with Gasteiger partial charge in [0.2, 0.25) is 0 Å². The van der Waals surface area contributed by atoms with E-state index in [0.717, 1.165) is 10.6 Å². The van der Waals surface area contributed by atoms with Gasteiger partial charge in [0, 0.05) is 13.1 Å². The number of carboxylic acid groups (broad SMARTS) is 1. The molecular formula is C6H6N2O4. The van der Waals surface area contributed by atoms with E-state index in [1.165, 1.54) is 7.05 Å². The average Bonchev–Trinajstić information content (AvgIpc) is 1.96. The van der Waals surface area contributed by atoms with Gasteiger partial charge in [0.05, 0.1) is 0 Å². The first-order valence-electron chi connectivity index (χ1n) is 3.06. The van der Waals surface area contributed by atoms with Gasteiger partial charge in [-0.3, -0.25) is 14.3 Å². The molecule has 1 rings (SSSR count). The second kappa shape index (κ2) is 2.65. The summed E-state index contributed by atoms with van der Waals surface area (Å²) >= 11 is 0. The summed E-state index contributed by atoms with van der Waals surface area (Å²) in [6, 6.07) is 0.851. The van der Waals surface area contributed by atoms with Crippen LogP contribution in [0.25, 0.3) is 0 Å². The van der Waals surface area contributed by atoms with Crippen LogP contribution in [0, 0.1) is 0 Å². The van der Waals surface area contributed by atoms with E-state index in [1.54, 1.807) is 0 Å². The minimum atomic E-state index is -1.30. The highest BCUT2D eigenvalue weighted by atomic mass is 16.4. The molecule has 2 N–H and O–H groups in total. The third kappa shape index (κ3) is 1.26. The van der Waals surface area contributed by atoms with Crippen LogP contribution in [0.1, 0.15) is 10.5 Å². The number of aromatic nitrogens is 2. The van der Waals surface area contributed by atoms with Crippen molar-refractivity contribution >= 4 is 5.97 Å². The molecule has 6 nitrogen and oxygen atoms in total. The van der Waals surface area contributed by atoms with E-state index in [4.69, 9.17) is 5.11 Å². The Morgan fingerprint density at radius 2 is 2.17 bits per heavy atom. The Balaban J connectivity index is 3.59. The molecule has 0 spiro atoms. The first-order chi connectivity index (χ1) is 5.52. The SMILES string of the molecule is Cn1c(C(=O)O)cc(=O)[nH]c1=O. The summed E-state index contributed by atoms with van der Waals surface area (Å²) in [4.78, 5) is 33.8. The number of aromatic carboxylic acids is 1. The topological polar surface area (TPSA) is 92.2 Å². The number of aromatic amines is 1. The molecule has 0 unspecified atom stereocenters. The normalized spacial score (nSPS) is 9.75. The van der Waals surface area contributed by atoms with Crippen molar-refractivity contribution in [3.8, 4) is 0 Å². The summed E-state index contributed by atoms with van der Waals surface area (Å²) < 4.78 is 0.851. The lowest BCUT2D eigenvalue weighted by molar-refractivity contribution is 0.0684. The molecule has 0 bridgehead atoms. The van der Waals surface area contributed by atoms with E-state index >= 15 is 0 Å². The van der Waals surface area contributed by atoms with Gasteiger partial charge in [-0.25, -0.2) is 9.59 Å². The van der Waals surface area contributed by atoms with Gasteiger partial charge in [-0.15, -0.1) is 0 Å². The molecule has 0 atom stereocenters. The molecule has 0 amide bonds. The first-order valence-corrected chi connectivity index (χ1v) is 3.06. The van der Waals surface area contributed by atoms with Crippen LogP contribution in [-0.2, 0) is 7.05 Å². The molecule has 0 saturated heterocycles. The summed E-state index contributed by atoms with van der Waals surface area (Å²) in [5.41, 5.74) is -1.78. The number of hydrogen-bond donors (Lipinski definition) is 2. The fraction of sp³-hybridized carbons (Fsp3) is 0.167. The molecule has 0 fully saturated rings. The van der Waals surface area contributed by atoms with Crippen LogP contribution in [0.2, 0.25) is 0 Å². The molecule has 0 aliphatic heterocycles. The molecule has 0 saturated carbocycles. The summed E-state index contributed by atoms with van der Waals surface area (Å²) in [5.74, 6) is -1.30. The maximum atomic E-state index is 10.8. The molecule has 0 radical (unpaired) electrons. The average molecular weight is 170 g/mol. The lowest BCUT2D eigenvalue weighted by Gasteiger charge is -1.99. The second-order valence-electron chi connectivity index (χ2n) is 2.19. The first kappa shape index (κ1) is 8.25. The third-order valence-corrected chi connectivity index (χ3v) is 1.38. The standard InChI is InChI=1S/C6H6N2O4/c1-8-3(5(10)11)2-4(9)7-6(8)12/h2H,1H3,(H,10,11)(H,7,9,12). The summed E-state index contributed by atoms with van der Waals surface area (Å²) in [6.45, 7) is 0. The summed E-state index contributed by atoms with van der Waals surface area (Å²) in [7, 11) is 1.27. The van der Waals surface area contributed by atoms with Crippen LogP contribution in [0.4, 0.5) is 0 Å². The number of rotatable bonds is 1. The molecule has 0 aliphatic rings. The van der Waals surface area contributed by atoms with Gasteiger partial charge in [-0.05, 0) is 0 Å². The molecule has 1 aromatic heterocycles. The largest absolute Gasteiger partial charge is 0.477 e. The van der Waals surface area contributed by atoms with Crippen molar-refractivity contribution in [3.05, 3.63) is 32.6 Å². The third-order valence-electron chi connectivity index (χ3n) is 1.38. The van der Waals surface area contributed by atoms with E-state index in [9.17, 15) is 14.4 Å². The van der Waals surface area contributed by atoms with Gasteiger partial charge >= 0.3 is 11.7 Å². The van der Waals surface area contributed by atoms with Crippen LogP contribution < -0.4 is 11.2 Å². The van der Waals surface area contributed by atoms with Gasteiger partial charge in [0.15, 0.2) is 0 Å². The molecule has 0 aromatic carbocycles. The monoisotopic (exact) mass is 170 g/mol. The zero-order chi connectivity index (χ0) is 9.30. The van der Waals surface area contributed by atoms with Crippen LogP contribution in [0.15, 0.2) is 15.7 Å². The summed E-state index contributed by atoms with van der Waals surface area (Å²) in [6.07, 6.45) is 0. The van der Waals surface area contributed by atoms with Gasteiger partial charge in [-0.2, -0.15) is 0 Å². The zero-order valence-corrected chi connectivity index (χ0v) is 6.20. The Bertz CT molecular complexity index is 428. The number of hydrogen-bond acceptors (Lipinski definition) is 3. The predicted molar refractivity (Wildman–Crippen MR) is 39.3 cm³/mol. The smallest absolute Gasteiger partial charge is 0.352 e. The maximum Gasteiger partial charge on any atom is 0.352 e. The van der Waals surface area contributed by atoms with E-state index in [2.05, 4.69) is 0 Å². The number of carboxylic acids is 1. The van der Waals surface area contributed by atoms with Crippen molar-refractivity contribution in [2.24, 2.45) is 7.05 Å². The van der Waals surface area contributed by atoms with Crippen LogP contribution in [0.3, 0.4) is 0 Å². The van der Waals surface area contributed by atoms with Crippen LogP contribution >= 0.6 is 0 Å². The Kier molecular flexibility index (Phi) is 1.82. The van der Waals surface area contributed by atoms with Crippen molar-refractivity contribution in [2.75, 3.05) is 0 Å². The lowest BCUT2D eigenvalue weighted by atomic mass is 10.4. The molecule has 0 aliphatic carbocycles. The van der Waals surface area contributed by atoms with Gasteiger partial charge in [0.25, 0.3) is 5.56 Å². The predicted octanol–water partition coefficient (Wildman–Crippen LogP) is -1.23. The fourth-order valence-electron chi connectivity index (χ4n) is 0.761. The second-order valence-corrected chi connectivity index (χ2v) is 2.19. The van der Waals surface area contributed by atoms with Gasteiger partial charge < -0.3 is 5.11 Å².